The normalized spacial score (nSPS) is 9.80. The Morgan fingerprint density at radius 3 is 1.40 bits per heavy atom. The zero-order valence-corrected chi connectivity index (χ0v) is 11.3. The van der Waals surface area contributed by atoms with Gasteiger partial charge in [0, 0.05) is 13.2 Å². The molecule has 0 unspecified atom stereocenters. The van der Waals surface area contributed by atoms with Gasteiger partial charge in [0.1, 0.15) is 0 Å². The largest absolute Gasteiger partial charge is 0.478 e. The lowest BCUT2D eigenvalue weighted by Crippen LogP contribution is -1.99. The molecule has 0 amide bonds. The summed E-state index contributed by atoms with van der Waals surface area (Å²) < 4.78 is 0. The van der Waals surface area contributed by atoms with Gasteiger partial charge >= 0.3 is 11.9 Å². The van der Waals surface area contributed by atoms with Crippen LogP contribution in [0.3, 0.4) is 0 Å². The van der Waals surface area contributed by atoms with Crippen molar-refractivity contribution >= 4 is 11.9 Å². The van der Waals surface area contributed by atoms with Crippen molar-refractivity contribution < 1.29 is 30.0 Å². The molecule has 4 N–H and O–H groups in total. The number of hydrogen-bond acceptors (Lipinski definition) is 4. The molecule has 0 spiro atoms. The minimum absolute atomic E-state index is 0.0833. The van der Waals surface area contributed by atoms with E-state index in [9.17, 15) is 9.59 Å². The van der Waals surface area contributed by atoms with Crippen molar-refractivity contribution in [1.29, 1.82) is 0 Å². The van der Waals surface area contributed by atoms with Crippen molar-refractivity contribution in [2.24, 2.45) is 5.92 Å². The molecule has 112 valence electrons. The van der Waals surface area contributed by atoms with Crippen LogP contribution in [-0.4, -0.2) is 45.6 Å². The summed E-state index contributed by atoms with van der Waals surface area (Å²) >= 11 is 0. The number of carboxylic acids is 2. The van der Waals surface area contributed by atoms with Crippen LogP contribution in [0.25, 0.3) is 0 Å². The lowest BCUT2D eigenvalue weighted by molar-refractivity contribution is 0.0681. The van der Waals surface area contributed by atoms with Gasteiger partial charge in [0.05, 0.1) is 11.1 Å². The lowest BCUT2D eigenvalue weighted by Gasteiger charge is -2.04. The van der Waals surface area contributed by atoms with E-state index in [0.717, 1.165) is 12.8 Å². The fraction of sp³-hybridized carbons (Fsp3) is 0.429. The number of benzene rings is 1. The van der Waals surface area contributed by atoms with E-state index in [4.69, 9.17) is 20.4 Å². The van der Waals surface area contributed by atoms with Crippen molar-refractivity contribution in [3.05, 3.63) is 35.4 Å². The molecule has 0 fully saturated rings. The van der Waals surface area contributed by atoms with Gasteiger partial charge in [0.25, 0.3) is 0 Å². The van der Waals surface area contributed by atoms with Gasteiger partial charge in [0.2, 0.25) is 0 Å². The van der Waals surface area contributed by atoms with Crippen LogP contribution in [0.5, 0.6) is 0 Å². The number of carboxylic acid groups (broad SMARTS) is 2. The molecule has 6 nitrogen and oxygen atoms in total. The van der Waals surface area contributed by atoms with E-state index in [2.05, 4.69) is 0 Å². The van der Waals surface area contributed by atoms with Crippen LogP contribution in [0.2, 0.25) is 0 Å². The predicted molar refractivity (Wildman–Crippen MR) is 72.9 cm³/mol. The maximum atomic E-state index is 10.3. The highest BCUT2D eigenvalue weighted by molar-refractivity contribution is 5.91. The molecule has 20 heavy (non-hydrogen) atoms. The molecule has 0 aliphatic carbocycles. The van der Waals surface area contributed by atoms with E-state index in [-0.39, 0.29) is 24.3 Å². The molecule has 0 saturated carbocycles. The molecule has 0 atom stereocenters. The highest BCUT2D eigenvalue weighted by Gasteiger charge is 2.04. The number of aliphatic hydroxyl groups is 2. The monoisotopic (exact) mass is 284 g/mol. The summed E-state index contributed by atoms with van der Waals surface area (Å²) in [5.41, 5.74) is 0.167. The number of rotatable bonds is 6. The molecule has 0 aromatic heterocycles. The molecular formula is C14H20O6. The molecule has 6 heteroatoms. The van der Waals surface area contributed by atoms with Crippen LogP contribution in [0, 0.1) is 5.92 Å². The van der Waals surface area contributed by atoms with Crippen molar-refractivity contribution in [2.45, 2.75) is 19.8 Å². The van der Waals surface area contributed by atoms with Gasteiger partial charge in [0.15, 0.2) is 0 Å². The van der Waals surface area contributed by atoms with Gasteiger partial charge in [-0.05, 0) is 43.0 Å². The summed E-state index contributed by atoms with van der Waals surface area (Å²) in [6.45, 7) is 2.49. The Labute approximate surface area is 117 Å². The smallest absolute Gasteiger partial charge is 0.335 e. The topological polar surface area (TPSA) is 115 Å². The van der Waals surface area contributed by atoms with E-state index in [1.54, 1.807) is 0 Å². The SMILES string of the molecule is CC(CCO)CCO.O=C(O)c1ccc(C(=O)O)cc1. The van der Waals surface area contributed by atoms with Gasteiger partial charge in [-0.2, -0.15) is 0 Å². The Morgan fingerprint density at radius 2 is 1.20 bits per heavy atom. The first-order valence-electron chi connectivity index (χ1n) is 6.20. The summed E-state index contributed by atoms with van der Waals surface area (Å²) in [7, 11) is 0. The highest BCUT2D eigenvalue weighted by Crippen LogP contribution is 2.04. The van der Waals surface area contributed by atoms with Crippen molar-refractivity contribution in [1.82, 2.24) is 0 Å². The first-order chi connectivity index (χ1) is 9.42. The maximum absolute atomic E-state index is 10.3. The van der Waals surface area contributed by atoms with E-state index >= 15 is 0 Å². The summed E-state index contributed by atoms with van der Waals surface area (Å²) in [5.74, 6) is -1.66. The van der Waals surface area contributed by atoms with Crippen LogP contribution in [0.15, 0.2) is 24.3 Å². The van der Waals surface area contributed by atoms with Gasteiger partial charge in [-0.15, -0.1) is 0 Å². The highest BCUT2D eigenvalue weighted by atomic mass is 16.4. The van der Waals surface area contributed by atoms with Gasteiger partial charge in [-0.1, -0.05) is 6.92 Å². The van der Waals surface area contributed by atoms with E-state index in [1.165, 1.54) is 24.3 Å². The van der Waals surface area contributed by atoms with Gasteiger partial charge in [-0.3, -0.25) is 0 Å². The number of carbonyl (C=O) groups is 2. The van der Waals surface area contributed by atoms with E-state index in [0.29, 0.717) is 5.92 Å². The Morgan fingerprint density at radius 1 is 0.900 bits per heavy atom. The molecule has 1 aromatic rings. The minimum Gasteiger partial charge on any atom is -0.478 e. The summed E-state index contributed by atoms with van der Waals surface area (Å²) in [4.78, 5) is 20.7. The maximum Gasteiger partial charge on any atom is 0.335 e. The standard InChI is InChI=1S/C8H6O4.C6H14O2/c9-7(10)5-1-2-6(4-3-5)8(11)12;1-6(2-4-7)3-5-8/h1-4H,(H,9,10)(H,11,12);6-8H,2-5H2,1H3. The third-order valence-corrected chi connectivity index (χ3v) is 2.62. The second kappa shape index (κ2) is 9.94. The van der Waals surface area contributed by atoms with Crippen LogP contribution >= 0.6 is 0 Å². The quantitative estimate of drug-likeness (QED) is 0.629. The number of aromatic carboxylic acids is 2. The number of hydrogen-bond donors (Lipinski definition) is 4. The molecule has 0 radical (unpaired) electrons. The Bertz CT molecular complexity index is 373. The van der Waals surface area contributed by atoms with E-state index < -0.39 is 11.9 Å². The zero-order valence-electron chi connectivity index (χ0n) is 11.3. The number of aliphatic hydroxyl groups excluding tert-OH is 2. The second-order valence-electron chi connectivity index (χ2n) is 4.32. The molecular weight excluding hydrogens is 264 g/mol. The Kier molecular flexibility index (Phi) is 8.98. The van der Waals surface area contributed by atoms with Crippen molar-refractivity contribution in [3.63, 3.8) is 0 Å². The van der Waals surface area contributed by atoms with Crippen LogP contribution in [-0.2, 0) is 0 Å². The van der Waals surface area contributed by atoms with E-state index in [1.807, 2.05) is 6.92 Å². The molecule has 1 aromatic carbocycles. The first kappa shape index (κ1) is 18.1. The average Bonchev–Trinajstić information content (AvgIpc) is 2.40. The van der Waals surface area contributed by atoms with Crippen molar-refractivity contribution in [2.75, 3.05) is 13.2 Å². The van der Waals surface area contributed by atoms with Crippen molar-refractivity contribution in [3.8, 4) is 0 Å². The Hall–Kier alpha value is -1.92. The molecule has 0 heterocycles. The molecule has 1 rings (SSSR count). The van der Waals surface area contributed by atoms with Gasteiger partial charge < -0.3 is 20.4 Å². The van der Waals surface area contributed by atoms with Crippen LogP contribution < -0.4 is 0 Å². The molecule has 0 aliphatic heterocycles. The second-order valence-corrected chi connectivity index (χ2v) is 4.32. The third-order valence-electron chi connectivity index (χ3n) is 2.62. The van der Waals surface area contributed by atoms with Crippen LogP contribution in [0.1, 0.15) is 40.5 Å². The summed E-state index contributed by atoms with van der Waals surface area (Å²) in [5, 5.41) is 33.7. The third kappa shape index (κ3) is 7.50. The minimum atomic E-state index is -1.06. The molecule has 0 aliphatic rings. The van der Waals surface area contributed by atoms with Gasteiger partial charge in [-0.25, -0.2) is 9.59 Å². The fourth-order valence-corrected chi connectivity index (χ4v) is 1.34. The fourth-order valence-electron chi connectivity index (χ4n) is 1.34. The van der Waals surface area contributed by atoms with Crippen LogP contribution in [0.4, 0.5) is 0 Å². The summed E-state index contributed by atoms with van der Waals surface area (Å²) in [6, 6.07) is 5.02. The average molecular weight is 284 g/mol. The first-order valence-corrected chi connectivity index (χ1v) is 6.20. The predicted octanol–water partition coefficient (Wildman–Crippen LogP) is 1.47. The molecule has 0 bridgehead atoms. The summed E-state index contributed by atoms with van der Waals surface area (Å²) in [6.07, 6.45) is 1.61. The Balaban J connectivity index is 0.000000396. The lowest BCUT2D eigenvalue weighted by atomic mass is 10.1. The molecule has 0 saturated heterocycles. The zero-order chi connectivity index (χ0) is 15.5.